The van der Waals surface area contributed by atoms with Crippen LogP contribution < -0.4 is 5.32 Å². The van der Waals surface area contributed by atoms with Gasteiger partial charge in [-0.25, -0.2) is 0 Å². The highest BCUT2D eigenvalue weighted by molar-refractivity contribution is 6.31. The standard InChI is InChI=1S/C18H14ClN3O3/c1-10-3-5-14(22(24)25)9-17(10)21-18(23)15-8-12-7-13(19)4-6-16(12)20-11(15)2/h3-9H,1-2H3,(H,21,23). The van der Waals surface area contributed by atoms with Gasteiger partial charge in [0.1, 0.15) is 0 Å². The van der Waals surface area contributed by atoms with Crippen LogP contribution in [-0.4, -0.2) is 15.8 Å². The number of rotatable bonds is 3. The highest BCUT2D eigenvalue weighted by atomic mass is 35.5. The van der Waals surface area contributed by atoms with Crippen molar-refractivity contribution < 1.29 is 9.72 Å². The summed E-state index contributed by atoms with van der Waals surface area (Å²) in [7, 11) is 0. The Kier molecular flexibility index (Phi) is 4.37. The van der Waals surface area contributed by atoms with Crippen LogP contribution in [0.15, 0.2) is 42.5 Å². The number of carbonyl (C=O) groups is 1. The largest absolute Gasteiger partial charge is 0.321 e. The topological polar surface area (TPSA) is 85.1 Å². The Labute approximate surface area is 148 Å². The normalized spacial score (nSPS) is 10.7. The van der Waals surface area contributed by atoms with E-state index in [2.05, 4.69) is 10.3 Å². The summed E-state index contributed by atoms with van der Waals surface area (Å²) in [6.07, 6.45) is 0. The molecule has 0 spiro atoms. The van der Waals surface area contributed by atoms with Crippen LogP contribution in [0.4, 0.5) is 11.4 Å². The number of nitro groups is 1. The van der Waals surface area contributed by atoms with Crippen molar-refractivity contribution in [2.24, 2.45) is 0 Å². The van der Waals surface area contributed by atoms with E-state index in [1.54, 1.807) is 44.2 Å². The molecule has 6 nitrogen and oxygen atoms in total. The van der Waals surface area contributed by atoms with Gasteiger partial charge in [-0.05, 0) is 43.7 Å². The molecule has 1 aromatic heterocycles. The number of benzene rings is 2. The number of fused-ring (bicyclic) bond motifs is 1. The van der Waals surface area contributed by atoms with E-state index < -0.39 is 4.92 Å². The first-order valence-corrected chi connectivity index (χ1v) is 7.86. The molecule has 0 saturated carbocycles. The first-order chi connectivity index (χ1) is 11.8. The van der Waals surface area contributed by atoms with Crippen molar-refractivity contribution in [2.45, 2.75) is 13.8 Å². The van der Waals surface area contributed by atoms with E-state index in [1.807, 2.05) is 0 Å². The van der Waals surface area contributed by atoms with Gasteiger partial charge in [-0.1, -0.05) is 17.7 Å². The van der Waals surface area contributed by atoms with Crippen molar-refractivity contribution in [3.63, 3.8) is 0 Å². The fourth-order valence-electron chi connectivity index (χ4n) is 2.52. The first kappa shape index (κ1) is 16.9. The summed E-state index contributed by atoms with van der Waals surface area (Å²) in [5, 5.41) is 15.0. The Morgan fingerprint density at radius 1 is 1.16 bits per heavy atom. The number of hydrogen-bond acceptors (Lipinski definition) is 4. The molecule has 0 atom stereocenters. The number of nitro benzene ring substituents is 1. The molecule has 0 unspecified atom stereocenters. The highest BCUT2D eigenvalue weighted by Gasteiger charge is 2.15. The van der Waals surface area contributed by atoms with Gasteiger partial charge < -0.3 is 5.32 Å². The molecule has 7 heteroatoms. The quantitative estimate of drug-likeness (QED) is 0.546. The van der Waals surface area contributed by atoms with Crippen LogP contribution in [0.25, 0.3) is 10.9 Å². The molecule has 0 aliphatic heterocycles. The second-order valence-corrected chi connectivity index (χ2v) is 6.11. The van der Waals surface area contributed by atoms with Gasteiger partial charge in [0.2, 0.25) is 0 Å². The average Bonchev–Trinajstić information content (AvgIpc) is 2.56. The number of carbonyl (C=O) groups excluding carboxylic acids is 1. The van der Waals surface area contributed by atoms with Gasteiger partial charge in [0.25, 0.3) is 11.6 Å². The summed E-state index contributed by atoms with van der Waals surface area (Å²) in [6, 6.07) is 11.3. The molecule has 0 aliphatic rings. The van der Waals surface area contributed by atoms with E-state index in [1.165, 1.54) is 12.1 Å². The third kappa shape index (κ3) is 3.44. The molecule has 0 fully saturated rings. The highest BCUT2D eigenvalue weighted by Crippen LogP contribution is 2.24. The van der Waals surface area contributed by atoms with Gasteiger partial charge in [-0.2, -0.15) is 0 Å². The molecular weight excluding hydrogens is 342 g/mol. The lowest BCUT2D eigenvalue weighted by Crippen LogP contribution is -2.15. The summed E-state index contributed by atoms with van der Waals surface area (Å²) < 4.78 is 0. The monoisotopic (exact) mass is 355 g/mol. The number of halogens is 1. The maximum Gasteiger partial charge on any atom is 0.271 e. The lowest BCUT2D eigenvalue weighted by atomic mass is 10.1. The summed E-state index contributed by atoms with van der Waals surface area (Å²) >= 11 is 6.00. The van der Waals surface area contributed by atoms with Crippen molar-refractivity contribution in [2.75, 3.05) is 5.32 Å². The van der Waals surface area contributed by atoms with Crippen LogP contribution in [0.2, 0.25) is 5.02 Å². The summed E-state index contributed by atoms with van der Waals surface area (Å²) in [5.74, 6) is -0.379. The molecule has 1 amide bonds. The maximum atomic E-state index is 12.6. The summed E-state index contributed by atoms with van der Waals surface area (Å²) in [4.78, 5) is 27.5. The fraction of sp³-hybridized carbons (Fsp3) is 0.111. The molecule has 25 heavy (non-hydrogen) atoms. The minimum absolute atomic E-state index is 0.0824. The van der Waals surface area contributed by atoms with Gasteiger partial charge in [-0.3, -0.25) is 19.9 Å². The van der Waals surface area contributed by atoms with Gasteiger partial charge in [0.15, 0.2) is 0 Å². The van der Waals surface area contributed by atoms with E-state index in [0.29, 0.717) is 22.0 Å². The number of amides is 1. The number of aromatic nitrogens is 1. The molecule has 0 bridgehead atoms. The fourth-order valence-corrected chi connectivity index (χ4v) is 2.70. The molecule has 1 heterocycles. The van der Waals surface area contributed by atoms with Crippen molar-refractivity contribution in [3.8, 4) is 0 Å². The molecule has 0 radical (unpaired) electrons. The minimum Gasteiger partial charge on any atom is -0.321 e. The smallest absolute Gasteiger partial charge is 0.271 e. The van der Waals surface area contributed by atoms with E-state index in [0.717, 1.165) is 16.5 Å². The van der Waals surface area contributed by atoms with Gasteiger partial charge in [0.05, 0.1) is 27.4 Å². The van der Waals surface area contributed by atoms with Gasteiger partial charge >= 0.3 is 0 Å². The van der Waals surface area contributed by atoms with Crippen molar-refractivity contribution in [3.05, 3.63) is 74.4 Å². The number of aryl methyl sites for hydroxylation is 2. The van der Waals surface area contributed by atoms with E-state index >= 15 is 0 Å². The number of non-ortho nitro benzene ring substituents is 1. The zero-order chi connectivity index (χ0) is 18.1. The van der Waals surface area contributed by atoms with Crippen LogP contribution in [0.1, 0.15) is 21.6 Å². The second kappa shape index (κ2) is 6.49. The molecule has 126 valence electrons. The van der Waals surface area contributed by atoms with Crippen LogP contribution in [0.3, 0.4) is 0 Å². The van der Waals surface area contributed by atoms with E-state index in [4.69, 9.17) is 11.6 Å². The Morgan fingerprint density at radius 2 is 1.92 bits per heavy atom. The van der Waals surface area contributed by atoms with Gasteiger partial charge in [0, 0.05) is 22.5 Å². The lowest BCUT2D eigenvalue weighted by molar-refractivity contribution is -0.384. The Balaban J connectivity index is 1.99. The van der Waals surface area contributed by atoms with E-state index in [9.17, 15) is 14.9 Å². The zero-order valence-corrected chi connectivity index (χ0v) is 14.3. The summed E-state index contributed by atoms with van der Waals surface area (Å²) in [6.45, 7) is 3.51. The Morgan fingerprint density at radius 3 is 2.64 bits per heavy atom. The summed E-state index contributed by atoms with van der Waals surface area (Å²) in [5.41, 5.74) is 2.74. The van der Waals surface area contributed by atoms with Crippen LogP contribution in [-0.2, 0) is 0 Å². The Hall–Kier alpha value is -2.99. The second-order valence-electron chi connectivity index (χ2n) is 5.67. The zero-order valence-electron chi connectivity index (χ0n) is 13.5. The van der Waals surface area contributed by atoms with Crippen LogP contribution in [0.5, 0.6) is 0 Å². The number of pyridine rings is 1. The average molecular weight is 356 g/mol. The Bertz CT molecular complexity index is 1020. The van der Waals surface area contributed by atoms with Crippen LogP contribution >= 0.6 is 11.6 Å². The molecule has 3 aromatic rings. The van der Waals surface area contributed by atoms with Gasteiger partial charge in [-0.15, -0.1) is 0 Å². The SMILES string of the molecule is Cc1ccc([N+](=O)[O-])cc1NC(=O)c1cc2cc(Cl)ccc2nc1C. The lowest BCUT2D eigenvalue weighted by Gasteiger charge is -2.11. The molecule has 2 aromatic carbocycles. The molecule has 1 N–H and O–H groups in total. The number of nitrogens with zero attached hydrogens (tertiary/aromatic N) is 2. The predicted octanol–water partition coefficient (Wildman–Crippen LogP) is 4.67. The third-order valence-electron chi connectivity index (χ3n) is 3.89. The van der Waals surface area contributed by atoms with Crippen LogP contribution in [0, 0.1) is 24.0 Å². The maximum absolute atomic E-state index is 12.6. The van der Waals surface area contributed by atoms with Crippen molar-refractivity contribution >= 4 is 39.8 Å². The third-order valence-corrected chi connectivity index (χ3v) is 4.13. The number of hydrogen-bond donors (Lipinski definition) is 1. The van der Waals surface area contributed by atoms with E-state index in [-0.39, 0.29) is 11.6 Å². The number of nitrogens with one attached hydrogen (secondary N) is 1. The first-order valence-electron chi connectivity index (χ1n) is 7.48. The number of anilines is 1. The predicted molar refractivity (Wildman–Crippen MR) is 97.3 cm³/mol. The molecule has 3 rings (SSSR count). The molecule has 0 saturated heterocycles. The van der Waals surface area contributed by atoms with Crippen molar-refractivity contribution in [1.82, 2.24) is 4.98 Å². The minimum atomic E-state index is -0.500. The molecular formula is C18H14ClN3O3. The molecule has 0 aliphatic carbocycles. The van der Waals surface area contributed by atoms with Crippen molar-refractivity contribution in [1.29, 1.82) is 0 Å².